The van der Waals surface area contributed by atoms with Gasteiger partial charge in [0.25, 0.3) is 0 Å². The van der Waals surface area contributed by atoms with E-state index in [1.54, 1.807) is 13.8 Å². The van der Waals surface area contributed by atoms with Crippen molar-refractivity contribution in [1.82, 2.24) is 0 Å². The molecule has 0 aromatic rings. The summed E-state index contributed by atoms with van der Waals surface area (Å²) >= 11 is 0. The molecule has 0 radical (unpaired) electrons. The first-order chi connectivity index (χ1) is 11.9. The second-order valence-electron chi connectivity index (χ2n) is 5.08. The summed E-state index contributed by atoms with van der Waals surface area (Å²) in [5, 5.41) is 0. The topological polar surface area (TPSA) is 186 Å². The zero-order valence-electron chi connectivity index (χ0n) is 14.3. The minimum absolute atomic E-state index is 0.163. The Bertz CT molecular complexity index is 490. The standard InChI is InChI=1S/C12H24O12P2/c1-3-5-7-21-11(13)9(23-25(15,16)17)10(24-26(18,19)20)12(14)22-8-6-4-2/h9-10H,3-8H2,1-2H3,(H2,15,16,17)(H2,18,19,20)/t9-,10-/m1/s1. The van der Waals surface area contributed by atoms with Gasteiger partial charge in [0.05, 0.1) is 13.2 Å². The molecule has 0 unspecified atom stereocenters. The quantitative estimate of drug-likeness (QED) is 0.184. The molecule has 2 atom stereocenters. The third-order valence-electron chi connectivity index (χ3n) is 2.73. The highest BCUT2D eigenvalue weighted by Gasteiger charge is 2.45. The molecule has 0 aliphatic rings. The zero-order valence-corrected chi connectivity index (χ0v) is 16.1. The van der Waals surface area contributed by atoms with Crippen LogP contribution in [0.5, 0.6) is 0 Å². The Labute approximate surface area is 150 Å². The smallest absolute Gasteiger partial charge is 0.464 e. The van der Waals surface area contributed by atoms with E-state index in [0.717, 1.165) is 0 Å². The predicted molar refractivity (Wildman–Crippen MR) is 85.6 cm³/mol. The fourth-order valence-corrected chi connectivity index (χ4v) is 2.52. The molecule has 0 rings (SSSR count). The van der Waals surface area contributed by atoms with Crippen molar-refractivity contribution < 1.29 is 56.8 Å². The van der Waals surface area contributed by atoms with E-state index in [2.05, 4.69) is 9.05 Å². The first-order valence-electron chi connectivity index (χ1n) is 7.72. The second-order valence-corrected chi connectivity index (χ2v) is 7.46. The second kappa shape index (κ2) is 11.8. The maximum atomic E-state index is 12.0. The van der Waals surface area contributed by atoms with Crippen molar-refractivity contribution in [2.45, 2.75) is 51.7 Å². The van der Waals surface area contributed by atoms with Crippen LogP contribution in [0.3, 0.4) is 0 Å². The van der Waals surface area contributed by atoms with Crippen LogP contribution in [0, 0.1) is 0 Å². The first kappa shape index (κ1) is 25.2. The molecule has 0 saturated carbocycles. The van der Waals surface area contributed by atoms with Crippen LogP contribution < -0.4 is 0 Å². The van der Waals surface area contributed by atoms with Crippen LogP contribution in [0.2, 0.25) is 0 Å². The largest absolute Gasteiger partial charge is 0.470 e. The van der Waals surface area contributed by atoms with Crippen molar-refractivity contribution in [3.05, 3.63) is 0 Å². The normalized spacial score (nSPS) is 14.5. The Kier molecular flexibility index (Phi) is 11.4. The molecule has 0 spiro atoms. The molecule has 0 aliphatic carbocycles. The van der Waals surface area contributed by atoms with Gasteiger partial charge in [-0.05, 0) is 12.8 Å². The van der Waals surface area contributed by atoms with Gasteiger partial charge >= 0.3 is 27.6 Å². The molecule has 26 heavy (non-hydrogen) atoms. The minimum Gasteiger partial charge on any atom is -0.464 e. The number of rotatable bonds is 13. The molecule has 0 heterocycles. The van der Waals surface area contributed by atoms with Gasteiger partial charge in [-0.15, -0.1) is 0 Å². The Morgan fingerprint density at radius 1 is 0.769 bits per heavy atom. The molecule has 0 saturated heterocycles. The Morgan fingerprint density at radius 2 is 1.08 bits per heavy atom. The molecule has 154 valence electrons. The maximum Gasteiger partial charge on any atom is 0.470 e. The van der Waals surface area contributed by atoms with Gasteiger partial charge in [-0.25, -0.2) is 18.7 Å². The SMILES string of the molecule is CCCCOC(=O)[C@H](OP(=O)(O)O)[C@@H](OP(=O)(O)O)C(=O)OCCCC. The number of unbranched alkanes of at least 4 members (excludes halogenated alkanes) is 2. The molecule has 0 bridgehead atoms. The van der Waals surface area contributed by atoms with Crippen molar-refractivity contribution in [2.75, 3.05) is 13.2 Å². The summed E-state index contributed by atoms with van der Waals surface area (Å²) in [6.07, 6.45) is -2.82. The predicted octanol–water partition coefficient (Wildman–Crippen LogP) is 0.629. The third kappa shape index (κ3) is 11.7. The van der Waals surface area contributed by atoms with Crippen molar-refractivity contribution in [2.24, 2.45) is 0 Å². The highest BCUT2D eigenvalue weighted by molar-refractivity contribution is 7.46. The Morgan fingerprint density at radius 3 is 1.31 bits per heavy atom. The van der Waals surface area contributed by atoms with E-state index in [1.165, 1.54) is 0 Å². The molecule has 0 aromatic carbocycles. The highest BCUT2D eigenvalue weighted by atomic mass is 31.2. The van der Waals surface area contributed by atoms with E-state index in [1.807, 2.05) is 0 Å². The van der Waals surface area contributed by atoms with E-state index in [4.69, 9.17) is 29.0 Å². The first-order valence-corrected chi connectivity index (χ1v) is 10.8. The summed E-state index contributed by atoms with van der Waals surface area (Å²) in [6.45, 7) is 3.23. The van der Waals surface area contributed by atoms with Gasteiger partial charge < -0.3 is 29.0 Å². The fourth-order valence-electron chi connectivity index (χ4n) is 1.54. The summed E-state index contributed by atoms with van der Waals surface area (Å²) in [5.41, 5.74) is 0. The summed E-state index contributed by atoms with van der Waals surface area (Å²) in [5.74, 6) is -2.87. The average molecular weight is 422 g/mol. The molecular weight excluding hydrogens is 398 g/mol. The average Bonchev–Trinajstić information content (AvgIpc) is 2.49. The molecule has 0 fully saturated rings. The van der Waals surface area contributed by atoms with Crippen molar-refractivity contribution >= 4 is 27.6 Å². The number of phosphoric ester groups is 2. The molecular formula is C12H24O12P2. The van der Waals surface area contributed by atoms with Crippen LogP contribution in [0.4, 0.5) is 0 Å². The van der Waals surface area contributed by atoms with Gasteiger partial charge in [0.1, 0.15) is 0 Å². The van der Waals surface area contributed by atoms with E-state index in [0.29, 0.717) is 25.7 Å². The van der Waals surface area contributed by atoms with E-state index in [9.17, 15) is 18.7 Å². The lowest BCUT2D eigenvalue weighted by molar-refractivity contribution is -0.171. The zero-order chi connectivity index (χ0) is 20.4. The van der Waals surface area contributed by atoms with E-state index >= 15 is 0 Å². The number of esters is 2. The van der Waals surface area contributed by atoms with Crippen LogP contribution in [0.25, 0.3) is 0 Å². The van der Waals surface area contributed by atoms with Crippen molar-refractivity contribution in [3.8, 4) is 0 Å². The third-order valence-corrected chi connectivity index (χ3v) is 3.73. The lowest BCUT2D eigenvalue weighted by atomic mass is 10.2. The Hall–Kier alpha value is -0.840. The summed E-state index contributed by atoms with van der Waals surface area (Å²) in [6, 6.07) is 0. The van der Waals surface area contributed by atoms with Gasteiger partial charge in [0.2, 0.25) is 12.2 Å². The maximum absolute atomic E-state index is 12.0. The van der Waals surface area contributed by atoms with Gasteiger partial charge in [-0.2, -0.15) is 0 Å². The number of phosphoric acid groups is 2. The molecule has 12 nitrogen and oxygen atoms in total. The van der Waals surface area contributed by atoms with Crippen LogP contribution in [-0.4, -0.2) is 56.9 Å². The molecule has 14 heteroatoms. The molecule has 0 aromatic heterocycles. The number of hydrogen-bond acceptors (Lipinski definition) is 8. The summed E-state index contributed by atoms with van der Waals surface area (Å²) in [7, 11) is -10.7. The fraction of sp³-hybridized carbons (Fsp3) is 0.833. The van der Waals surface area contributed by atoms with Crippen LogP contribution in [0.1, 0.15) is 39.5 Å². The van der Waals surface area contributed by atoms with Crippen molar-refractivity contribution in [1.29, 1.82) is 0 Å². The monoisotopic (exact) mass is 422 g/mol. The number of carbonyl (C=O) groups excluding carboxylic acids is 2. The van der Waals surface area contributed by atoms with Gasteiger partial charge in [0.15, 0.2) is 0 Å². The lowest BCUT2D eigenvalue weighted by Gasteiger charge is -2.24. The van der Waals surface area contributed by atoms with Gasteiger partial charge in [0, 0.05) is 0 Å². The van der Waals surface area contributed by atoms with Crippen molar-refractivity contribution in [3.63, 3.8) is 0 Å². The molecule has 0 aliphatic heterocycles. The van der Waals surface area contributed by atoms with Gasteiger partial charge in [-0.1, -0.05) is 26.7 Å². The lowest BCUT2D eigenvalue weighted by Crippen LogP contribution is -2.44. The number of carbonyl (C=O) groups is 2. The molecule has 4 N–H and O–H groups in total. The number of ether oxygens (including phenoxy) is 2. The van der Waals surface area contributed by atoms with Gasteiger partial charge in [-0.3, -0.25) is 9.05 Å². The molecule has 0 amide bonds. The minimum atomic E-state index is -5.35. The highest BCUT2D eigenvalue weighted by Crippen LogP contribution is 2.43. The van der Waals surface area contributed by atoms with E-state index in [-0.39, 0.29) is 13.2 Å². The van der Waals surface area contributed by atoms with Crippen LogP contribution in [-0.2, 0) is 37.2 Å². The summed E-state index contributed by atoms with van der Waals surface area (Å²) < 4.78 is 40.0. The number of hydrogen-bond donors (Lipinski definition) is 4. The Balaban J connectivity index is 5.51. The van der Waals surface area contributed by atoms with Crippen LogP contribution >= 0.6 is 15.6 Å². The summed E-state index contributed by atoms with van der Waals surface area (Å²) in [4.78, 5) is 59.8. The van der Waals surface area contributed by atoms with Crippen LogP contribution in [0.15, 0.2) is 0 Å². The van der Waals surface area contributed by atoms with E-state index < -0.39 is 39.8 Å².